The minimum absolute atomic E-state index is 0.00563. The molecule has 0 rings (SSSR count). The quantitative estimate of drug-likeness (QED) is 0.467. The first kappa shape index (κ1) is 20.9. The van der Waals surface area contributed by atoms with Crippen molar-refractivity contribution in [2.24, 2.45) is 5.41 Å². The second-order valence-electron chi connectivity index (χ2n) is 8.38. The number of aliphatic hydroxyl groups is 1. The van der Waals surface area contributed by atoms with Gasteiger partial charge in [0, 0.05) is 7.11 Å². The molecule has 0 aliphatic rings. The largest absolute Gasteiger partial charge is 0.393 e. The van der Waals surface area contributed by atoms with Crippen LogP contribution in [0.1, 0.15) is 98.8 Å². The molecule has 0 saturated carbocycles. The molecule has 0 spiro atoms. The first-order chi connectivity index (χ1) is 9.66. The molecule has 1 atom stereocenters. The molecule has 1 unspecified atom stereocenters. The molecule has 0 aliphatic carbocycles. The van der Waals surface area contributed by atoms with Gasteiger partial charge in [0.15, 0.2) is 0 Å². The SMILES string of the molecule is COC(C)(C)CCCCCC(O)CCCCCC(C)(C)C. The van der Waals surface area contributed by atoms with E-state index in [1.807, 2.05) is 0 Å². The zero-order valence-corrected chi connectivity index (χ0v) is 15.5. The highest BCUT2D eigenvalue weighted by atomic mass is 16.5. The predicted molar refractivity (Wildman–Crippen MR) is 92.7 cm³/mol. The van der Waals surface area contributed by atoms with Gasteiger partial charge in [0.2, 0.25) is 0 Å². The van der Waals surface area contributed by atoms with Gasteiger partial charge in [0.1, 0.15) is 0 Å². The average molecular weight is 301 g/mol. The van der Waals surface area contributed by atoms with Gasteiger partial charge in [-0.1, -0.05) is 59.3 Å². The highest BCUT2D eigenvalue weighted by molar-refractivity contribution is 4.67. The monoisotopic (exact) mass is 300 g/mol. The fourth-order valence-corrected chi connectivity index (χ4v) is 2.57. The van der Waals surface area contributed by atoms with Crippen molar-refractivity contribution >= 4 is 0 Å². The van der Waals surface area contributed by atoms with Gasteiger partial charge in [-0.25, -0.2) is 0 Å². The zero-order chi connectivity index (χ0) is 16.4. The summed E-state index contributed by atoms with van der Waals surface area (Å²) in [6, 6.07) is 0. The molecule has 0 amide bonds. The third kappa shape index (κ3) is 14.6. The van der Waals surface area contributed by atoms with Crippen molar-refractivity contribution < 1.29 is 9.84 Å². The van der Waals surface area contributed by atoms with E-state index in [4.69, 9.17) is 4.74 Å². The molecule has 1 N–H and O–H groups in total. The number of hydrogen-bond donors (Lipinski definition) is 1. The molecule has 0 saturated heterocycles. The number of ether oxygens (including phenoxy) is 1. The van der Waals surface area contributed by atoms with E-state index in [9.17, 15) is 5.11 Å². The van der Waals surface area contributed by atoms with Crippen molar-refractivity contribution in [1.82, 2.24) is 0 Å². The minimum atomic E-state index is -0.0879. The molecule has 0 bridgehead atoms. The van der Waals surface area contributed by atoms with Crippen molar-refractivity contribution in [3.63, 3.8) is 0 Å². The summed E-state index contributed by atoms with van der Waals surface area (Å²) < 4.78 is 5.42. The second-order valence-corrected chi connectivity index (χ2v) is 8.38. The number of rotatable bonds is 12. The van der Waals surface area contributed by atoms with Crippen molar-refractivity contribution in [3.8, 4) is 0 Å². The van der Waals surface area contributed by atoms with Crippen LogP contribution in [0, 0.1) is 5.41 Å². The van der Waals surface area contributed by atoms with Crippen LogP contribution in [0.15, 0.2) is 0 Å². The molecule has 2 heteroatoms. The fourth-order valence-electron chi connectivity index (χ4n) is 2.57. The van der Waals surface area contributed by atoms with Crippen LogP contribution in [0.4, 0.5) is 0 Å². The Kier molecular flexibility index (Phi) is 10.6. The van der Waals surface area contributed by atoms with E-state index in [0.717, 1.165) is 25.7 Å². The van der Waals surface area contributed by atoms with Gasteiger partial charge < -0.3 is 9.84 Å². The third-order valence-corrected chi connectivity index (χ3v) is 4.33. The normalized spacial score (nSPS) is 14.4. The maximum atomic E-state index is 9.99. The first-order valence-electron chi connectivity index (χ1n) is 8.89. The Labute approximate surface area is 133 Å². The summed E-state index contributed by atoms with van der Waals surface area (Å²) in [4.78, 5) is 0. The van der Waals surface area contributed by atoms with E-state index >= 15 is 0 Å². The molecule has 0 aromatic rings. The molecular formula is C19H40O2. The first-order valence-corrected chi connectivity index (χ1v) is 8.89. The maximum Gasteiger partial charge on any atom is 0.0622 e. The predicted octanol–water partition coefficient (Wildman–Crippen LogP) is 5.72. The van der Waals surface area contributed by atoms with Gasteiger partial charge in [-0.2, -0.15) is 0 Å². The van der Waals surface area contributed by atoms with Gasteiger partial charge in [0.25, 0.3) is 0 Å². The van der Waals surface area contributed by atoms with E-state index < -0.39 is 0 Å². The van der Waals surface area contributed by atoms with Crippen LogP contribution in [0.5, 0.6) is 0 Å². The van der Waals surface area contributed by atoms with Crippen molar-refractivity contribution in [2.75, 3.05) is 7.11 Å². The van der Waals surface area contributed by atoms with E-state index in [1.165, 1.54) is 38.5 Å². The van der Waals surface area contributed by atoms with Gasteiger partial charge >= 0.3 is 0 Å². The summed E-state index contributed by atoms with van der Waals surface area (Å²) in [6.07, 6.45) is 11.5. The number of methoxy groups -OCH3 is 1. The maximum absolute atomic E-state index is 9.99. The van der Waals surface area contributed by atoms with E-state index in [-0.39, 0.29) is 11.7 Å². The summed E-state index contributed by atoms with van der Waals surface area (Å²) in [6.45, 7) is 11.2. The van der Waals surface area contributed by atoms with Crippen LogP contribution in [0.3, 0.4) is 0 Å². The molecule has 128 valence electrons. The Morgan fingerprint density at radius 1 is 0.762 bits per heavy atom. The van der Waals surface area contributed by atoms with Gasteiger partial charge in [-0.05, 0) is 44.9 Å². The molecule has 0 radical (unpaired) electrons. The van der Waals surface area contributed by atoms with Crippen LogP contribution in [0.25, 0.3) is 0 Å². The summed E-state index contributed by atoms with van der Waals surface area (Å²) in [5, 5.41) is 9.99. The lowest BCUT2D eigenvalue weighted by molar-refractivity contribution is 0.0132. The van der Waals surface area contributed by atoms with E-state index in [0.29, 0.717) is 5.41 Å². The van der Waals surface area contributed by atoms with E-state index in [1.54, 1.807) is 7.11 Å². The second kappa shape index (κ2) is 10.6. The molecule has 0 aromatic heterocycles. The van der Waals surface area contributed by atoms with Crippen LogP contribution < -0.4 is 0 Å². The van der Waals surface area contributed by atoms with Crippen LogP contribution in [0.2, 0.25) is 0 Å². The number of hydrogen-bond acceptors (Lipinski definition) is 2. The average Bonchev–Trinajstić information content (AvgIpc) is 2.36. The lowest BCUT2D eigenvalue weighted by Crippen LogP contribution is -2.21. The molecule has 0 aromatic carbocycles. The molecule has 0 heterocycles. The topological polar surface area (TPSA) is 29.5 Å². The lowest BCUT2D eigenvalue weighted by atomic mass is 9.89. The Morgan fingerprint density at radius 2 is 1.24 bits per heavy atom. The van der Waals surface area contributed by atoms with Crippen molar-refractivity contribution in [1.29, 1.82) is 0 Å². The minimum Gasteiger partial charge on any atom is -0.393 e. The van der Waals surface area contributed by atoms with Gasteiger partial charge in [0.05, 0.1) is 11.7 Å². The summed E-state index contributed by atoms with van der Waals surface area (Å²) in [5.41, 5.74) is 0.459. The highest BCUT2D eigenvalue weighted by Crippen LogP contribution is 2.23. The summed E-state index contributed by atoms with van der Waals surface area (Å²) >= 11 is 0. The number of unbranched alkanes of at least 4 members (excludes halogenated alkanes) is 4. The molecule has 21 heavy (non-hydrogen) atoms. The fraction of sp³-hybridized carbons (Fsp3) is 1.00. The van der Waals surface area contributed by atoms with Crippen molar-refractivity contribution in [3.05, 3.63) is 0 Å². The molecule has 0 fully saturated rings. The number of aliphatic hydroxyl groups excluding tert-OH is 1. The molecular weight excluding hydrogens is 260 g/mol. The van der Waals surface area contributed by atoms with E-state index in [2.05, 4.69) is 34.6 Å². The lowest BCUT2D eigenvalue weighted by Gasteiger charge is -2.22. The molecule has 0 aliphatic heterocycles. The van der Waals surface area contributed by atoms with Gasteiger partial charge in [-0.15, -0.1) is 0 Å². The standard InChI is InChI=1S/C19H40O2/c1-18(2,3)15-11-7-9-13-17(20)14-10-8-12-16-19(4,5)21-6/h17,20H,7-16H2,1-6H3. The summed E-state index contributed by atoms with van der Waals surface area (Å²) in [5.74, 6) is 0. The van der Waals surface area contributed by atoms with Crippen LogP contribution in [-0.4, -0.2) is 23.9 Å². The Hall–Kier alpha value is -0.0800. The van der Waals surface area contributed by atoms with Crippen molar-refractivity contribution in [2.45, 2.75) is 111 Å². The smallest absolute Gasteiger partial charge is 0.0622 e. The third-order valence-electron chi connectivity index (χ3n) is 4.33. The summed E-state index contributed by atoms with van der Waals surface area (Å²) in [7, 11) is 1.78. The zero-order valence-electron chi connectivity index (χ0n) is 15.5. The van der Waals surface area contributed by atoms with Gasteiger partial charge in [-0.3, -0.25) is 0 Å². The Balaban J connectivity index is 3.41. The Morgan fingerprint density at radius 3 is 1.67 bits per heavy atom. The Bertz CT molecular complexity index is 240. The van der Waals surface area contributed by atoms with Crippen LogP contribution in [-0.2, 0) is 4.74 Å². The van der Waals surface area contributed by atoms with Crippen LogP contribution >= 0.6 is 0 Å². The highest BCUT2D eigenvalue weighted by Gasteiger charge is 2.15. The molecule has 2 nitrogen and oxygen atoms in total.